The summed E-state index contributed by atoms with van der Waals surface area (Å²) in [6, 6.07) is 6.32. The van der Waals surface area contributed by atoms with Gasteiger partial charge in [0.15, 0.2) is 12.2 Å². The van der Waals surface area contributed by atoms with Crippen molar-refractivity contribution >= 4 is 33.7 Å². The van der Waals surface area contributed by atoms with Gasteiger partial charge in [-0.1, -0.05) is 17.7 Å². The molecular formula is C11H13ClNNaO8S. The van der Waals surface area contributed by atoms with E-state index in [1.807, 2.05) is 6.92 Å². The number of sulfonamides is 1. The molecule has 0 aliphatic carbocycles. The minimum atomic E-state index is -3.62. The maximum Gasteiger partial charge on any atom is 1.00 e. The summed E-state index contributed by atoms with van der Waals surface area (Å²) in [5.74, 6) is -3.54. The predicted molar refractivity (Wildman–Crippen MR) is 74.9 cm³/mol. The molecule has 12 heteroatoms. The fraction of sp³-hybridized carbons (Fsp3) is 0.273. The fourth-order valence-corrected chi connectivity index (χ4v) is 1.82. The monoisotopic (exact) mass is 377 g/mol. The number of aliphatic hydroxyl groups is 2. The van der Waals surface area contributed by atoms with Crippen molar-refractivity contribution in [2.45, 2.75) is 24.0 Å². The molecule has 23 heavy (non-hydrogen) atoms. The molecule has 0 spiro atoms. The molecule has 0 saturated heterocycles. The van der Waals surface area contributed by atoms with Crippen molar-refractivity contribution in [3.8, 4) is 0 Å². The van der Waals surface area contributed by atoms with E-state index in [1.165, 1.54) is 12.1 Å². The van der Waals surface area contributed by atoms with E-state index in [9.17, 15) is 18.0 Å². The van der Waals surface area contributed by atoms with E-state index in [0.29, 0.717) is 0 Å². The van der Waals surface area contributed by atoms with Crippen LogP contribution in [0, 0.1) is 6.92 Å². The number of carboxylic acids is 2. The van der Waals surface area contributed by atoms with Crippen LogP contribution < -0.4 is 29.6 Å². The van der Waals surface area contributed by atoms with Crippen molar-refractivity contribution in [1.29, 1.82) is 0 Å². The van der Waals surface area contributed by atoms with Gasteiger partial charge < -0.3 is 24.7 Å². The van der Waals surface area contributed by atoms with Crippen LogP contribution in [-0.4, -0.2) is 53.0 Å². The SMILES string of the molecule is Cc1ccc(S(=O)(=O)[N-]Cl)cc1.O=C(O)C(O)C(O)C(=O)O.[Na+]. The van der Waals surface area contributed by atoms with Gasteiger partial charge in [0.1, 0.15) is 10.0 Å². The van der Waals surface area contributed by atoms with Crippen molar-refractivity contribution in [3.63, 3.8) is 0 Å². The van der Waals surface area contributed by atoms with Crippen LogP contribution in [0.3, 0.4) is 0 Å². The van der Waals surface area contributed by atoms with Crippen LogP contribution in [0.2, 0.25) is 0 Å². The maximum atomic E-state index is 11.0. The predicted octanol–water partition coefficient (Wildman–Crippen LogP) is -2.91. The van der Waals surface area contributed by atoms with Gasteiger partial charge in [-0.3, -0.25) is 11.8 Å². The van der Waals surface area contributed by atoms with E-state index in [-0.39, 0.29) is 34.5 Å². The van der Waals surface area contributed by atoms with Crippen molar-refractivity contribution in [1.82, 2.24) is 0 Å². The Bertz CT molecular complexity index is 603. The first-order valence-electron chi connectivity index (χ1n) is 5.49. The molecule has 2 unspecified atom stereocenters. The summed E-state index contributed by atoms with van der Waals surface area (Å²) in [6.07, 6.45) is -4.53. The van der Waals surface area contributed by atoms with Crippen LogP contribution >= 0.6 is 11.8 Å². The summed E-state index contributed by atoms with van der Waals surface area (Å²) in [7, 11) is -3.62. The van der Waals surface area contributed by atoms with Crippen LogP contribution in [-0.2, 0) is 19.6 Å². The zero-order valence-corrected chi connectivity index (χ0v) is 15.7. The Morgan fingerprint density at radius 1 is 1.04 bits per heavy atom. The summed E-state index contributed by atoms with van der Waals surface area (Å²) in [5, 5.41) is 32.5. The Hall–Kier alpha value is -0.720. The Kier molecular flexibility index (Phi) is 11.7. The van der Waals surface area contributed by atoms with Gasteiger partial charge in [-0.15, -0.1) is 0 Å². The van der Waals surface area contributed by atoms with Crippen molar-refractivity contribution < 1.29 is 68.0 Å². The molecule has 2 atom stereocenters. The van der Waals surface area contributed by atoms with Crippen LogP contribution in [0.15, 0.2) is 29.2 Å². The summed E-state index contributed by atoms with van der Waals surface area (Å²) < 4.78 is 24.8. The number of aliphatic carboxylic acids is 2. The van der Waals surface area contributed by atoms with Gasteiger partial charge in [-0.25, -0.2) is 18.0 Å². The number of benzene rings is 1. The van der Waals surface area contributed by atoms with Gasteiger partial charge in [0.2, 0.25) is 0 Å². The number of rotatable bonds is 5. The number of hydrogen-bond acceptors (Lipinski definition) is 6. The topological polar surface area (TPSA) is 163 Å². The minimum Gasteiger partial charge on any atom is -0.479 e. The third kappa shape index (κ3) is 8.63. The smallest absolute Gasteiger partial charge is 0.479 e. The molecule has 0 bridgehead atoms. The van der Waals surface area contributed by atoms with Gasteiger partial charge in [0.05, 0.1) is 0 Å². The van der Waals surface area contributed by atoms with Gasteiger partial charge in [-0.2, -0.15) is 0 Å². The van der Waals surface area contributed by atoms with E-state index >= 15 is 0 Å². The number of aliphatic hydroxyl groups excluding tert-OH is 2. The van der Waals surface area contributed by atoms with E-state index in [1.54, 1.807) is 12.1 Å². The number of nitrogens with zero attached hydrogens (tertiary/aromatic N) is 1. The van der Waals surface area contributed by atoms with Crippen LogP contribution in [0.25, 0.3) is 4.24 Å². The molecule has 1 rings (SSSR count). The molecule has 0 aliphatic rings. The summed E-state index contributed by atoms with van der Waals surface area (Å²) in [4.78, 5) is 19.7. The zero-order valence-electron chi connectivity index (χ0n) is 12.1. The molecule has 0 radical (unpaired) electrons. The average Bonchev–Trinajstić information content (AvgIpc) is 2.46. The normalized spacial score (nSPS) is 12.9. The van der Waals surface area contributed by atoms with E-state index < -0.39 is 34.2 Å². The van der Waals surface area contributed by atoms with Crippen molar-refractivity contribution in [2.75, 3.05) is 0 Å². The molecule has 0 fully saturated rings. The quantitative estimate of drug-likeness (QED) is 0.397. The number of carbonyl (C=O) groups is 2. The number of carboxylic acid groups (broad SMARTS) is 2. The van der Waals surface area contributed by atoms with E-state index in [2.05, 4.69) is 4.24 Å². The van der Waals surface area contributed by atoms with Crippen molar-refractivity contribution in [2.24, 2.45) is 0 Å². The Morgan fingerprint density at radius 2 is 1.39 bits per heavy atom. The Morgan fingerprint density at radius 3 is 1.65 bits per heavy atom. The second kappa shape index (κ2) is 10.9. The molecule has 0 aromatic heterocycles. The largest absolute Gasteiger partial charge is 1.00 e. The van der Waals surface area contributed by atoms with Gasteiger partial charge in [0.25, 0.3) is 0 Å². The number of aryl methyl sites for hydroxylation is 1. The third-order valence-corrected chi connectivity index (χ3v) is 3.81. The summed E-state index contributed by atoms with van der Waals surface area (Å²) in [6.45, 7) is 1.87. The second-order valence-corrected chi connectivity index (χ2v) is 5.90. The molecule has 0 amide bonds. The molecule has 9 nitrogen and oxygen atoms in total. The van der Waals surface area contributed by atoms with E-state index in [0.717, 1.165) is 5.56 Å². The van der Waals surface area contributed by atoms with E-state index in [4.69, 9.17) is 32.2 Å². The fourth-order valence-electron chi connectivity index (χ4n) is 1.02. The Labute approximate surface area is 159 Å². The Balaban J connectivity index is 0. The molecule has 1 aromatic rings. The average molecular weight is 378 g/mol. The first-order chi connectivity index (χ1) is 10.0. The van der Waals surface area contributed by atoms with Gasteiger partial charge in [0, 0.05) is 4.90 Å². The second-order valence-electron chi connectivity index (χ2n) is 3.92. The van der Waals surface area contributed by atoms with Crippen LogP contribution in [0.5, 0.6) is 0 Å². The molecule has 0 heterocycles. The first kappa shape index (κ1) is 24.5. The maximum absolute atomic E-state index is 11.0. The standard InChI is InChI=1S/C7H7ClNO2S.C4H6O6.Na/c1-6-2-4-7(5-3-6)12(10,11)9-8;5-1(3(7)8)2(6)4(9)10;/h2-5H,1H3;1-2,5-6H,(H,7,8)(H,9,10);/q-1;;+1. The molecule has 0 saturated carbocycles. The third-order valence-electron chi connectivity index (χ3n) is 2.21. The first-order valence-corrected chi connectivity index (χ1v) is 7.27. The zero-order chi connectivity index (χ0) is 17.5. The van der Waals surface area contributed by atoms with Gasteiger partial charge in [-0.05, 0) is 19.1 Å². The number of hydrogen-bond donors (Lipinski definition) is 4. The van der Waals surface area contributed by atoms with Gasteiger partial charge >= 0.3 is 41.5 Å². The molecular weight excluding hydrogens is 365 g/mol. The molecule has 1 aromatic carbocycles. The van der Waals surface area contributed by atoms with Crippen LogP contribution in [0.4, 0.5) is 0 Å². The summed E-state index contributed by atoms with van der Waals surface area (Å²) in [5.41, 5.74) is 0.989. The van der Waals surface area contributed by atoms with Crippen LogP contribution in [0.1, 0.15) is 5.56 Å². The number of halogens is 1. The molecule has 124 valence electrons. The summed E-state index contributed by atoms with van der Waals surface area (Å²) >= 11 is 4.90. The molecule has 0 aliphatic heterocycles. The molecule has 4 N–H and O–H groups in total. The minimum absolute atomic E-state index is 0. The van der Waals surface area contributed by atoms with Crippen molar-refractivity contribution in [3.05, 3.63) is 34.1 Å².